The van der Waals surface area contributed by atoms with Crippen molar-refractivity contribution in [2.24, 2.45) is 0 Å². The molecule has 2 heterocycles. The molecule has 1 amide bonds. The Bertz CT molecular complexity index is 776. The van der Waals surface area contributed by atoms with E-state index >= 15 is 0 Å². The summed E-state index contributed by atoms with van der Waals surface area (Å²) in [6.45, 7) is 1.61. The van der Waals surface area contributed by atoms with Crippen LogP contribution in [0.4, 0.5) is 0 Å². The number of likely N-dealkylation sites (tertiary alicyclic amines) is 1. The van der Waals surface area contributed by atoms with Gasteiger partial charge in [0.05, 0.1) is 0 Å². The fourth-order valence-corrected chi connectivity index (χ4v) is 3.57. The van der Waals surface area contributed by atoms with Gasteiger partial charge in [0.1, 0.15) is 12.4 Å². The minimum atomic E-state index is -0.599. The van der Waals surface area contributed by atoms with Gasteiger partial charge in [0.2, 0.25) is 6.10 Å². The third kappa shape index (κ3) is 3.27. The Morgan fingerprint density at radius 2 is 1.96 bits per heavy atom. The van der Waals surface area contributed by atoms with Gasteiger partial charge in [0, 0.05) is 19.0 Å². The minimum absolute atomic E-state index is 0.0284. The number of phenolic OH excluding ortho intramolecular Hbond substituents is 1. The maximum Gasteiger partial charge on any atom is 0.267 e. The molecule has 1 N–H and O–H groups in total. The molecule has 5 heteroatoms. The van der Waals surface area contributed by atoms with Crippen LogP contribution in [0.25, 0.3) is 0 Å². The zero-order chi connectivity index (χ0) is 17.2. The van der Waals surface area contributed by atoms with E-state index in [2.05, 4.69) is 0 Å². The van der Waals surface area contributed by atoms with Crippen LogP contribution in [0.2, 0.25) is 0 Å². The maximum absolute atomic E-state index is 12.9. The predicted octanol–water partition coefficient (Wildman–Crippen LogP) is 2.94. The highest BCUT2D eigenvalue weighted by atomic mass is 16.6. The largest absolute Gasteiger partial charge is 0.508 e. The quantitative estimate of drug-likeness (QED) is 0.914. The summed E-state index contributed by atoms with van der Waals surface area (Å²) in [5.41, 5.74) is 1.07. The van der Waals surface area contributed by atoms with Gasteiger partial charge in [-0.2, -0.15) is 0 Å². The van der Waals surface area contributed by atoms with Crippen molar-refractivity contribution in [2.75, 3.05) is 19.7 Å². The Kier molecular flexibility index (Phi) is 4.22. The van der Waals surface area contributed by atoms with E-state index in [9.17, 15) is 9.90 Å². The van der Waals surface area contributed by atoms with Crippen molar-refractivity contribution in [3.8, 4) is 17.2 Å². The first kappa shape index (κ1) is 15.8. The normalized spacial score (nSPS) is 22.5. The number of carbonyl (C=O) groups is 1. The van der Waals surface area contributed by atoms with Crippen molar-refractivity contribution in [3.05, 3.63) is 54.1 Å². The van der Waals surface area contributed by atoms with Crippen molar-refractivity contribution in [1.82, 2.24) is 4.90 Å². The fourth-order valence-electron chi connectivity index (χ4n) is 3.57. The molecule has 2 aliphatic heterocycles. The van der Waals surface area contributed by atoms with Gasteiger partial charge in [0.25, 0.3) is 5.91 Å². The van der Waals surface area contributed by atoms with Crippen molar-refractivity contribution < 1.29 is 19.4 Å². The molecule has 130 valence electrons. The van der Waals surface area contributed by atoms with Crippen LogP contribution >= 0.6 is 0 Å². The van der Waals surface area contributed by atoms with E-state index in [0.717, 1.165) is 24.9 Å². The number of piperidine rings is 1. The molecular weight excluding hydrogens is 318 g/mol. The first-order valence-corrected chi connectivity index (χ1v) is 8.67. The summed E-state index contributed by atoms with van der Waals surface area (Å²) in [4.78, 5) is 14.7. The number of hydrogen-bond donors (Lipinski definition) is 1. The Morgan fingerprint density at radius 1 is 1.12 bits per heavy atom. The minimum Gasteiger partial charge on any atom is -0.508 e. The zero-order valence-corrected chi connectivity index (χ0v) is 13.9. The molecule has 1 fully saturated rings. The lowest BCUT2D eigenvalue weighted by Crippen LogP contribution is -2.49. The summed E-state index contributed by atoms with van der Waals surface area (Å²) >= 11 is 0. The van der Waals surface area contributed by atoms with Crippen LogP contribution in [0.15, 0.2) is 48.5 Å². The third-order valence-corrected chi connectivity index (χ3v) is 4.86. The number of benzene rings is 2. The summed E-state index contributed by atoms with van der Waals surface area (Å²) in [5, 5.41) is 9.70. The molecular formula is C20H21NO4. The number of rotatable bonds is 2. The number of aromatic hydroxyl groups is 1. The summed E-state index contributed by atoms with van der Waals surface area (Å²) < 4.78 is 11.5. The molecule has 0 saturated carbocycles. The van der Waals surface area contributed by atoms with E-state index in [0.29, 0.717) is 18.0 Å². The van der Waals surface area contributed by atoms with Crippen LogP contribution < -0.4 is 9.47 Å². The van der Waals surface area contributed by atoms with E-state index in [1.807, 2.05) is 41.3 Å². The van der Waals surface area contributed by atoms with E-state index in [4.69, 9.17) is 9.47 Å². The molecule has 2 atom stereocenters. The van der Waals surface area contributed by atoms with E-state index in [1.165, 1.54) is 0 Å². The Hall–Kier alpha value is -2.69. The topological polar surface area (TPSA) is 59.0 Å². The smallest absolute Gasteiger partial charge is 0.267 e. The van der Waals surface area contributed by atoms with Gasteiger partial charge in [-0.05, 0) is 42.7 Å². The van der Waals surface area contributed by atoms with Gasteiger partial charge in [-0.15, -0.1) is 0 Å². The lowest BCUT2D eigenvalue weighted by molar-refractivity contribution is -0.142. The Labute approximate surface area is 146 Å². The number of nitrogens with zero attached hydrogens (tertiary/aromatic N) is 1. The molecule has 1 saturated heterocycles. The highest BCUT2D eigenvalue weighted by Gasteiger charge is 2.33. The van der Waals surface area contributed by atoms with Crippen molar-refractivity contribution in [2.45, 2.75) is 24.9 Å². The lowest BCUT2D eigenvalue weighted by Gasteiger charge is -2.36. The average Bonchev–Trinajstić information content (AvgIpc) is 2.67. The lowest BCUT2D eigenvalue weighted by atomic mass is 9.90. The summed E-state index contributed by atoms with van der Waals surface area (Å²) in [5.74, 6) is 1.78. The molecule has 0 spiro atoms. The second-order valence-corrected chi connectivity index (χ2v) is 6.58. The second kappa shape index (κ2) is 6.67. The van der Waals surface area contributed by atoms with E-state index in [1.54, 1.807) is 12.1 Å². The molecule has 0 bridgehead atoms. The van der Waals surface area contributed by atoms with Crippen LogP contribution in [-0.2, 0) is 4.79 Å². The summed E-state index contributed by atoms with van der Waals surface area (Å²) in [6, 6.07) is 14.7. The van der Waals surface area contributed by atoms with Crippen LogP contribution in [-0.4, -0.2) is 41.7 Å². The molecule has 0 aliphatic carbocycles. The SMILES string of the molecule is O=C(C1COc2ccccc2O1)N1CCCC(c2cccc(O)c2)C1. The van der Waals surface area contributed by atoms with Crippen LogP contribution in [0.5, 0.6) is 17.2 Å². The fraction of sp³-hybridized carbons (Fsp3) is 0.350. The summed E-state index contributed by atoms with van der Waals surface area (Å²) in [7, 11) is 0. The van der Waals surface area contributed by atoms with Crippen molar-refractivity contribution in [1.29, 1.82) is 0 Å². The zero-order valence-electron chi connectivity index (χ0n) is 13.9. The van der Waals surface area contributed by atoms with Gasteiger partial charge in [-0.3, -0.25) is 4.79 Å². The standard InChI is InChI=1S/C20H21NO4/c22-16-7-3-5-14(11-16)15-6-4-10-21(12-15)20(23)19-13-24-17-8-1-2-9-18(17)25-19/h1-3,5,7-9,11,15,19,22H,4,6,10,12-13H2. The van der Waals surface area contributed by atoms with Gasteiger partial charge in [-0.1, -0.05) is 24.3 Å². The summed E-state index contributed by atoms with van der Waals surface area (Å²) in [6.07, 6.45) is 1.35. The molecule has 25 heavy (non-hydrogen) atoms. The first-order valence-electron chi connectivity index (χ1n) is 8.67. The average molecular weight is 339 g/mol. The maximum atomic E-state index is 12.9. The van der Waals surface area contributed by atoms with Gasteiger partial charge >= 0.3 is 0 Å². The van der Waals surface area contributed by atoms with Gasteiger partial charge in [-0.25, -0.2) is 0 Å². The second-order valence-electron chi connectivity index (χ2n) is 6.58. The van der Waals surface area contributed by atoms with Crippen molar-refractivity contribution in [3.63, 3.8) is 0 Å². The van der Waals surface area contributed by atoms with Gasteiger partial charge in [0.15, 0.2) is 11.5 Å². The molecule has 5 nitrogen and oxygen atoms in total. The number of fused-ring (bicyclic) bond motifs is 1. The highest BCUT2D eigenvalue weighted by Crippen LogP contribution is 2.33. The van der Waals surface area contributed by atoms with Gasteiger partial charge < -0.3 is 19.5 Å². The van der Waals surface area contributed by atoms with Crippen molar-refractivity contribution >= 4 is 5.91 Å². The van der Waals surface area contributed by atoms with Crippen LogP contribution in [0.3, 0.4) is 0 Å². The molecule has 2 aliphatic rings. The molecule has 2 unspecified atom stereocenters. The molecule has 0 radical (unpaired) electrons. The Balaban J connectivity index is 1.45. The molecule has 0 aromatic heterocycles. The van der Waals surface area contributed by atoms with Crippen LogP contribution in [0.1, 0.15) is 24.3 Å². The predicted molar refractivity (Wildman–Crippen MR) is 93.0 cm³/mol. The number of phenols is 1. The third-order valence-electron chi connectivity index (χ3n) is 4.86. The highest BCUT2D eigenvalue weighted by molar-refractivity contribution is 5.82. The number of hydrogen-bond acceptors (Lipinski definition) is 4. The number of carbonyl (C=O) groups excluding carboxylic acids is 1. The van der Waals surface area contributed by atoms with Crippen LogP contribution in [0, 0.1) is 0 Å². The molecule has 4 rings (SSSR count). The van der Waals surface area contributed by atoms with E-state index in [-0.39, 0.29) is 24.2 Å². The molecule has 2 aromatic rings. The monoisotopic (exact) mass is 339 g/mol. The number of para-hydroxylation sites is 2. The first-order chi connectivity index (χ1) is 12.2. The molecule has 2 aromatic carbocycles. The number of ether oxygens (including phenoxy) is 2. The van der Waals surface area contributed by atoms with E-state index < -0.39 is 6.10 Å². The number of amides is 1. The Morgan fingerprint density at radius 3 is 2.80 bits per heavy atom.